The first-order chi connectivity index (χ1) is 14.2. The third-order valence-electron chi connectivity index (χ3n) is 4.42. The van der Waals surface area contributed by atoms with E-state index in [1.54, 1.807) is 0 Å². The van der Waals surface area contributed by atoms with Crippen LogP contribution in [0.25, 0.3) is 0 Å². The molecule has 0 radical (unpaired) electrons. The van der Waals surface area contributed by atoms with Crippen molar-refractivity contribution < 1.29 is 27.6 Å². The van der Waals surface area contributed by atoms with Gasteiger partial charge in [0.1, 0.15) is 0 Å². The van der Waals surface area contributed by atoms with Crippen LogP contribution in [0, 0.1) is 10.1 Å². The third-order valence-corrected chi connectivity index (χ3v) is 5.27. The number of amides is 1. The summed E-state index contributed by atoms with van der Waals surface area (Å²) in [5.41, 5.74) is -0.417. The van der Waals surface area contributed by atoms with Gasteiger partial charge in [0, 0.05) is 29.1 Å². The molecule has 0 aliphatic heterocycles. The topological polar surface area (TPSA) is 107 Å². The van der Waals surface area contributed by atoms with Crippen molar-refractivity contribution >= 4 is 29.0 Å². The second-order valence-electron chi connectivity index (χ2n) is 6.47. The first kappa shape index (κ1) is 21.8. The maximum absolute atomic E-state index is 13.4. The zero-order chi connectivity index (χ0) is 21.9. The summed E-state index contributed by atoms with van der Waals surface area (Å²) >= 11 is 0.795. The van der Waals surface area contributed by atoms with Gasteiger partial charge in [-0.15, -0.1) is 0 Å². The average molecular weight is 442 g/mol. The number of nitro groups is 1. The van der Waals surface area contributed by atoms with Gasteiger partial charge in [-0.2, -0.15) is 13.2 Å². The molecular formula is C18H17F3N4O4S. The van der Waals surface area contributed by atoms with E-state index in [4.69, 9.17) is 4.74 Å². The standard InChI is InChI=1S/C18H17F3N4O4S/c1-29-14-8-10(6-7-13(14)25(27)28)22-15(26)9-30-17-23-12-5-3-2-4-11(12)16(24-17)18(19,20)21/h6-8H,2-5,9H2,1H3,(H,22,26). The van der Waals surface area contributed by atoms with E-state index in [0.717, 1.165) is 18.2 Å². The summed E-state index contributed by atoms with van der Waals surface area (Å²) in [7, 11) is 1.26. The first-order valence-corrected chi connectivity index (χ1v) is 9.89. The van der Waals surface area contributed by atoms with Gasteiger partial charge in [-0.1, -0.05) is 11.8 Å². The summed E-state index contributed by atoms with van der Waals surface area (Å²) in [6.45, 7) is 0. The van der Waals surface area contributed by atoms with E-state index in [-0.39, 0.29) is 40.0 Å². The summed E-state index contributed by atoms with van der Waals surface area (Å²) in [5, 5.41) is 13.3. The Kier molecular flexibility index (Phi) is 6.44. The summed E-state index contributed by atoms with van der Waals surface area (Å²) < 4.78 is 45.0. The zero-order valence-electron chi connectivity index (χ0n) is 15.8. The largest absolute Gasteiger partial charge is 0.490 e. The van der Waals surface area contributed by atoms with Crippen LogP contribution in [0.15, 0.2) is 23.4 Å². The lowest BCUT2D eigenvalue weighted by atomic mass is 9.94. The third kappa shape index (κ3) is 4.99. The van der Waals surface area contributed by atoms with Crippen LogP contribution in [0.4, 0.5) is 24.5 Å². The van der Waals surface area contributed by atoms with Crippen LogP contribution in [0.1, 0.15) is 29.8 Å². The number of nitrogens with zero attached hydrogens (tertiary/aromatic N) is 3. The molecule has 160 valence electrons. The van der Waals surface area contributed by atoms with Gasteiger partial charge >= 0.3 is 11.9 Å². The number of aromatic nitrogens is 2. The Bertz CT molecular complexity index is 985. The molecule has 0 saturated heterocycles. The molecule has 3 rings (SSSR count). The SMILES string of the molecule is COc1cc(NC(=O)CSc2nc3c(c(C(F)(F)F)n2)CCCC3)ccc1[N+](=O)[O-]. The van der Waals surface area contributed by atoms with Crippen molar-refractivity contribution in [2.24, 2.45) is 0 Å². The van der Waals surface area contributed by atoms with Crippen molar-refractivity contribution in [3.63, 3.8) is 0 Å². The van der Waals surface area contributed by atoms with Gasteiger partial charge in [-0.3, -0.25) is 14.9 Å². The molecule has 0 saturated carbocycles. The molecule has 1 aromatic carbocycles. The number of aryl methyl sites for hydroxylation is 1. The van der Waals surface area contributed by atoms with Crippen molar-refractivity contribution in [2.75, 3.05) is 18.2 Å². The Morgan fingerprint density at radius 1 is 1.30 bits per heavy atom. The van der Waals surface area contributed by atoms with Crippen LogP contribution in [-0.4, -0.2) is 33.7 Å². The second kappa shape index (κ2) is 8.86. The van der Waals surface area contributed by atoms with Crippen molar-refractivity contribution in [3.8, 4) is 5.75 Å². The van der Waals surface area contributed by atoms with Gasteiger partial charge in [0.2, 0.25) is 5.91 Å². The van der Waals surface area contributed by atoms with Crippen molar-refractivity contribution in [2.45, 2.75) is 37.0 Å². The summed E-state index contributed by atoms with van der Waals surface area (Å²) in [4.78, 5) is 30.3. The lowest BCUT2D eigenvalue weighted by Gasteiger charge is -2.20. The molecule has 12 heteroatoms. The number of anilines is 1. The smallest absolute Gasteiger partial charge is 0.433 e. The minimum atomic E-state index is -4.59. The minimum absolute atomic E-state index is 0.0294. The molecule has 30 heavy (non-hydrogen) atoms. The Morgan fingerprint density at radius 2 is 2.03 bits per heavy atom. The van der Waals surface area contributed by atoms with Crippen LogP contribution in [-0.2, 0) is 23.8 Å². The number of alkyl halides is 3. The normalized spacial score (nSPS) is 13.5. The number of carbonyl (C=O) groups excluding carboxylic acids is 1. The van der Waals surface area contributed by atoms with E-state index in [1.165, 1.54) is 25.3 Å². The molecule has 0 fully saturated rings. The minimum Gasteiger partial charge on any atom is -0.490 e. The lowest BCUT2D eigenvalue weighted by Crippen LogP contribution is -2.20. The highest BCUT2D eigenvalue weighted by Gasteiger charge is 2.38. The molecule has 1 aliphatic rings. The van der Waals surface area contributed by atoms with E-state index in [1.807, 2.05) is 0 Å². The van der Waals surface area contributed by atoms with Crippen LogP contribution in [0.2, 0.25) is 0 Å². The molecule has 1 aromatic heterocycles. The fourth-order valence-electron chi connectivity index (χ4n) is 3.10. The van der Waals surface area contributed by atoms with Crippen molar-refractivity contribution in [3.05, 3.63) is 45.3 Å². The van der Waals surface area contributed by atoms with Gasteiger partial charge in [0.05, 0.1) is 17.8 Å². The molecular weight excluding hydrogens is 425 g/mol. The average Bonchev–Trinajstić information content (AvgIpc) is 2.70. The number of benzene rings is 1. The van der Waals surface area contributed by atoms with Gasteiger partial charge in [0.25, 0.3) is 0 Å². The van der Waals surface area contributed by atoms with E-state index in [0.29, 0.717) is 18.5 Å². The van der Waals surface area contributed by atoms with E-state index in [9.17, 15) is 28.1 Å². The molecule has 2 aromatic rings. The predicted molar refractivity (Wildman–Crippen MR) is 103 cm³/mol. The Morgan fingerprint density at radius 3 is 2.70 bits per heavy atom. The molecule has 1 aliphatic carbocycles. The predicted octanol–water partition coefficient (Wildman–Crippen LogP) is 4.02. The lowest BCUT2D eigenvalue weighted by molar-refractivity contribution is -0.385. The number of ether oxygens (including phenoxy) is 1. The number of rotatable bonds is 6. The van der Waals surface area contributed by atoms with Crippen molar-refractivity contribution in [1.82, 2.24) is 9.97 Å². The number of nitro benzene ring substituents is 1. The van der Waals surface area contributed by atoms with Gasteiger partial charge < -0.3 is 10.1 Å². The van der Waals surface area contributed by atoms with Gasteiger partial charge in [-0.05, 0) is 31.7 Å². The summed E-state index contributed by atoms with van der Waals surface area (Å²) in [6.07, 6.45) is -2.43. The number of carbonyl (C=O) groups is 1. The maximum atomic E-state index is 13.4. The molecule has 8 nitrogen and oxygen atoms in total. The Hall–Kier alpha value is -2.89. The molecule has 0 bridgehead atoms. The van der Waals surface area contributed by atoms with Gasteiger partial charge in [0.15, 0.2) is 16.6 Å². The number of nitrogens with one attached hydrogen (secondary N) is 1. The van der Waals surface area contributed by atoms with Gasteiger partial charge in [-0.25, -0.2) is 9.97 Å². The number of hydrogen-bond donors (Lipinski definition) is 1. The highest BCUT2D eigenvalue weighted by Crippen LogP contribution is 2.36. The fraction of sp³-hybridized carbons (Fsp3) is 0.389. The Balaban J connectivity index is 1.71. The first-order valence-electron chi connectivity index (χ1n) is 8.91. The number of methoxy groups -OCH3 is 1. The number of hydrogen-bond acceptors (Lipinski definition) is 7. The molecule has 1 amide bonds. The molecule has 0 unspecified atom stereocenters. The molecule has 0 atom stereocenters. The van der Waals surface area contributed by atoms with Crippen LogP contribution in [0.3, 0.4) is 0 Å². The number of fused-ring (bicyclic) bond motifs is 1. The maximum Gasteiger partial charge on any atom is 0.433 e. The quantitative estimate of drug-likeness (QED) is 0.312. The molecule has 1 N–H and O–H groups in total. The van der Waals surface area contributed by atoms with E-state index in [2.05, 4.69) is 15.3 Å². The Labute approximate surface area is 173 Å². The van der Waals surface area contributed by atoms with Crippen LogP contribution >= 0.6 is 11.8 Å². The number of thioether (sulfide) groups is 1. The van der Waals surface area contributed by atoms with E-state index < -0.39 is 22.7 Å². The van der Waals surface area contributed by atoms with E-state index >= 15 is 0 Å². The summed E-state index contributed by atoms with van der Waals surface area (Å²) in [6, 6.07) is 3.81. The zero-order valence-corrected chi connectivity index (χ0v) is 16.6. The monoisotopic (exact) mass is 442 g/mol. The van der Waals surface area contributed by atoms with Crippen LogP contribution < -0.4 is 10.1 Å². The molecule has 0 spiro atoms. The highest BCUT2D eigenvalue weighted by atomic mass is 32.2. The molecule has 1 heterocycles. The van der Waals surface area contributed by atoms with Crippen LogP contribution in [0.5, 0.6) is 5.75 Å². The summed E-state index contributed by atoms with van der Waals surface area (Å²) in [5.74, 6) is -0.779. The van der Waals surface area contributed by atoms with Crippen molar-refractivity contribution in [1.29, 1.82) is 0 Å². The fourth-order valence-corrected chi connectivity index (χ4v) is 3.77. The number of halogens is 3. The highest BCUT2D eigenvalue weighted by molar-refractivity contribution is 7.99. The second-order valence-corrected chi connectivity index (χ2v) is 7.41.